The summed E-state index contributed by atoms with van der Waals surface area (Å²) < 4.78 is 33.7. The zero-order valence-electron chi connectivity index (χ0n) is 18.7. The van der Waals surface area contributed by atoms with E-state index in [9.17, 15) is 13.2 Å². The largest absolute Gasteiger partial charge is 0.355 e. The van der Waals surface area contributed by atoms with Gasteiger partial charge in [-0.25, -0.2) is 8.42 Å². The van der Waals surface area contributed by atoms with Crippen molar-refractivity contribution in [1.29, 1.82) is 0 Å². The molecule has 0 bridgehead atoms. The molecule has 1 aliphatic heterocycles. The second kappa shape index (κ2) is 10.0. The SMILES string of the molecule is Cc1ccc(CNC(=O)C2CCCN(S(=O)(=O)c3c(C)noc3C=Cc3cccs3)C2)cc1. The average molecular weight is 486 g/mol. The lowest BCUT2D eigenvalue weighted by Crippen LogP contribution is -2.45. The first kappa shape index (κ1) is 23.4. The molecule has 3 heterocycles. The number of carbonyl (C=O) groups is 1. The summed E-state index contributed by atoms with van der Waals surface area (Å²) >= 11 is 1.54. The molecule has 33 heavy (non-hydrogen) atoms. The van der Waals surface area contributed by atoms with Crippen molar-refractivity contribution in [3.63, 3.8) is 0 Å². The van der Waals surface area contributed by atoms with E-state index in [-0.39, 0.29) is 23.1 Å². The van der Waals surface area contributed by atoms with Crippen molar-refractivity contribution in [3.05, 3.63) is 69.2 Å². The molecule has 3 aromatic rings. The molecule has 1 fully saturated rings. The first-order chi connectivity index (χ1) is 15.8. The van der Waals surface area contributed by atoms with Gasteiger partial charge >= 0.3 is 0 Å². The number of thiophene rings is 1. The first-order valence-corrected chi connectivity index (χ1v) is 13.2. The van der Waals surface area contributed by atoms with E-state index in [1.807, 2.05) is 48.7 Å². The van der Waals surface area contributed by atoms with Crippen LogP contribution in [0, 0.1) is 19.8 Å². The summed E-state index contributed by atoms with van der Waals surface area (Å²) in [6.07, 6.45) is 4.71. The fourth-order valence-electron chi connectivity index (χ4n) is 3.89. The summed E-state index contributed by atoms with van der Waals surface area (Å²) in [5, 5.41) is 8.79. The van der Waals surface area contributed by atoms with E-state index in [2.05, 4.69) is 10.5 Å². The maximum atomic E-state index is 13.5. The van der Waals surface area contributed by atoms with Crippen molar-refractivity contribution in [2.24, 2.45) is 5.92 Å². The van der Waals surface area contributed by atoms with Crippen LogP contribution in [0.1, 0.15) is 40.3 Å². The van der Waals surface area contributed by atoms with Crippen LogP contribution >= 0.6 is 11.3 Å². The minimum Gasteiger partial charge on any atom is -0.355 e. The zero-order chi connectivity index (χ0) is 23.4. The third-order valence-corrected chi connectivity index (χ3v) is 8.58. The molecule has 9 heteroatoms. The third kappa shape index (κ3) is 5.43. The second-order valence-electron chi connectivity index (χ2n) is 8.22. The van der Waals surface area contributed by atoms with Gasteiger partial charge in [-0.2, -0.15) is 4.31 Å². The van der Waals surface area contributed by atoms with Crippen molar-refractivity contribution in [3.8, 4) is 0 Å². The summed E-state index contributed by atoms with van der Waals surface area (Å²) in [6.45, 7) is 4.56. The van der Waals surface area contributed by atoms with Crippen molar-refractivity contribution in [2.45, 2.75) is 38.1 Å². The van der Waals surface area contributed by atoms with Crippen LogP contribution in [0.3, 0.4) is 0 Å². The van der Waals surface area contributed by atoms with Crippen LogP contribution in [-0.4, -0.2) is 36.9 Å². The minimum absolute atomic E-state index is 0.0658. The molecule has 1 atom stereocenters. The number of hydrogen-bond acceptors (Lipinski definition) is 6. The minimum atomic E-state index is -3.86. The van der Waals surface area contributed by atoms with Crippen molar-refractivity contribution in [1.82, 2.24) is 14.8 Å². The van der Waals surface area contributed by atoms with E-state index in [0.29, 0.717) is 31.6 Å². The normalized spacial score (nSPS) is 17.5. The molecule has 1 amide bonds. The highest BCUT2D eigenvalue weighted by Gasteiger charge is 2.36. The Balaban J connectivity index is 1.46. The van der Waals surface area contributed by atoms with Gasteiger partial charge in [0, 0.05) is 24.5 Å². The van der Waals surface area contributed by atoms with Crippen LogP contribution in [0.15, 0.2) is 51.2 Å². The summed E-state index contributed by atoms with van der Waals surface area (Å²) in [7, 11) is -3.86. The van der Waals surface area contributed by atoms with Crippen LogP contribution < -0.4 is 5.32 Å². The Morgan fingerprint density at radius 3 is 2.76 bits per heavy atom. The number of hydrogen-bond donors (Lipinski definition) is 1. The molecule has 0 saturated carbocycles. The van der Waals surface area contributed by atoms with Gasteiger partial charge in [0.2, 0.25) is 15.9 Å². The Kier molecular flexibility index (Phi) is 7.11. The number of carbonyl (C=O) groups excluding carboxylic acids is 1. The highest BCUT2D eigenvalue weighted by Crippen LogP contribution is 2.29. The molecule has 7 nitrogen and oxygen atoms in total. The van der Waals surface area contributed by atoms with E-state index in [4.69, 9.17) is 4.52 Å². The lowest BCUT2D eigenvalue weighted by atomic mass is 9.98. The Bertz CT molecular complexity index is 1230. The second-order valence-corrected chi connectivity index (χ2v) is 11.1. The van der Waals surface area contributed by atoms with Crippen LogP contribution in [0.4, 0.5) is 0 Å². The quantitative estimate of drug-likeness (QED) is 0.540. The summed E-state index contributed by atoms with van der Waals surface area (Å²) in [4.78, 5) is 13.8. The van der Waals surface area contributed by atoms with Crippen LogP contribution in [-0.2, 0) is 21.4 Å². The molecule has 1 N–H and O–H groups in total. The van der Waals surface area contributed by atoms with Gasteiger partial charge in [0.05, 0.1) is 5.92 Å². The van der Waals surface area contributed by atoms with Gasteiger partial charge in [0.15, 0.2) is 10.7 Å². The number of nitrogens with zero attached hydrogens (tertiary/aromatic N) is 2. The predicted octanol–water partition coefficient (Wildman–Crippen LogP) is 4.24. The van der Waals surface area contributed by atoms with Gasteiger partial charge in [-0.15, -0.1) is 11.3 Å². The maximum Gasteiger partial charge on any atom is 0.248 e. The van der Waals surface area contributed by atoms with E-state index < -0.39 is 15.9 Å². The molecule has 0 aliphatic carbocycles. The highest BCUT2D eigenvalue weighted by atomic mass is 32.2. The number of aryl methyl sites for hydroxylation is 2. The molecular weight excluding hydrogens is 458 g/mol. The number of rotatable bonds is 7. The fourth-order valence-corrected chi connectivity index (χ4v) is 6.28. The lowest BCUT2D eigenvalue weighted by Gasteiger charge is -2.31. The van der Waals surface area contributed by atoms with Gasteiger partial charge in [-0.3, -0.25) is 4.79 Å². The van der Waals surface area contributed by atoms with Gasteiger partial charge < -0.3 is 9.84 Å². The van der Waals surface area contributed by atoms with E-state index in [1.54, 1.807) is 30.4 Å². The zero-order valence-corrected chi connectivity index (χ0v) is 20.3. The average Bonchev–Trinajstić information content (AvgIpc) is 3.47. The predicted molar refractivity (Wildman–Crippen MR) is 129 cm³/mol. The molecule has 1 unspecified atom stereocenters. The van der Waals surface area contributed by atoms with Crippen molar-refractivity contribution >= 4 is 39.4 Å². The van der Waals surface area contributed by atoms with Gasteiger partial charge in [-0.05, 0) is 55.9 Å². The van der Waals surface area contributed by atoms with Crippen LogP contribution in [0.2, 0.25) is 0 Å². The van der Waals surface area contributed by atoms with Crippen molar-refractivity contribution in [2.75, 3.05) is 13.1 Å². The molecule has 4 rings (SSSR count). The number of benzene rings is 1. The fraction of sp³-hybridized carbons (Fsp3) is 0.333. The lowest BCUT2D eigenvalue weighted by molar-refractivity contribution is -0.126. The van der Waals surface area contributed by atoms with E-state index >= 15 is 0 Å². The van der Waals surface area contributed by atoms with Gasteiger partial charge in [-0.1, -0.05) is 41.1 Å². The van der Waals surface area contributed by atoms with Crippen LogP contribution in [0.25, 0.3) is 12.2 Å². The smallest absolute Gasteiger partial charge is 0.248 e. The summed E-state index contributed by atoms with van der Waals surface area (Å²) in [5.74, 6) is -0.327. The third-order valence-electron chi connectivity index (χ3n) is 5.72. The first-order valence-electron chi connectivity index (χ1n) is 10.9. The Morgan fingerprint density at radius 2 is 2.03 bits per heavy atom. The van der Waals surface area contributed by atoms with Gasteiger partial charge in [0.25, 0.3) is 0 Å². The molecule has 0 radical (unpaired) electrons. The molecule has 0 spiro atoms. The standard InChI is InChI=1S/C24H27N3O4S2/c1-17-7-9-19(10-8-17)15-25-24(28)20-5-3-13-27(16-20)33(29,30)23-18(2)26-31-22(23)12-11-21-6-4-14-32-21/h4,6-12,14,20H,3,5,13,15-16H2,1-2H3,(H,25,28). The van der Waals surface area contributed by atoms with E-state index in [0.717, 1.165) is 16.0 Å². The number of sulfonamides is 1. The number of aromatic nitrogens is 1. The summed E-state index contributed by atoms with van der Waals surface area (Å²) in [6, 6.07) is 11.8. The molecule has 2 aromatic heterocycles. The number of piperidine rings is 1. The molecule has 1 aliphatic rings. The molecular formula is C24H27N3O4S2. The monoisotopic (exact) mass is 485 g/mol. The van der Waals surface area contributed by atoms with Gasteiger partial charge in [0.1, 0.15) is 5.69 Å². The van der Waals surface area contributed by atoms with Crippen LogP contribution in [0.5, 0.6) is 0 Å². The molecule has 174 valence electrons. The summed E-state index contributed by atoms with van der Waals surface area (Å²) in [5.41, 5.74) is 2.48. The number of nitrogens with one attached hydrogen (secondary N) is 1. The Hall–Kier alpha value is -2.75. The van der Waals surface area contributed by atoms with Crippen molar-refractivity contribution < 1.29 is 17.7 Å². The highest BCUT2D eigenvalue weighted by molar-refractivity contribution is 7.89. The number of amides is 1. The van der Waals surface area contributed by atoms with E-state index in [1.165, 1.54) is 4.31 Å². The Morgan fingerprint density at radius 1 is 1.24 bits per heavy atom. The Labute approximate surface area is 198 Å². The molecule has 1 saturated heterocycles. The topological polar surface area (TPSA) is 92.5 Å². The molecule has 1 aromatic carbocycles. The maximum absolute atomic E-state index is 13.5.